The Labute approximate surface area is 423 Å². The molecule has 2 saturated carbocycles. The number of carboxylic acid groups (broad SMARTS) is 1. The molecule has 2 aliphatic rings. The number of halogens is 1. The fourth-order valence-electron chi connectivity index (χ4n) is 8.85. The van der Waals surface area contributed by atoms with Gasteiger partial charge in [-0.15, -0.1) is 0 Å². The maximum absolute atomic E-state index is 13.0. The molecule has 0 bridgehead atoms. The maximum Gasteiger partial charge on any atom is 0.329 e. The van der Waals surface area contributed by atoms with Crippen molar-refractivity contribution in [2.24, 2.45) is 23.7 Å². The van der Waals surface area contributed by atoms with E-state index >= 15 is 0 Å². The number of carboxylic acids is 1. The smallest absolute Gasteiger partial charge is 0.329 e. The number of rotatable bonds is 14. The number of esters is 1. The second kappa shape index (κ2) is 26.0. The Morgan fingerprint density at radius 1 is 0.710 bits per heavy atom. The molecular formula is C54H77IN4O10. The summed E-state index contributed by atoms with van der Waals surface area (Å²) in [5.41, 5.74) is 5.61. The van der Waals surface area contributed by atoms with E-state index in [2.05, 4.69) is 51.6 Å². The lowest BCUT2D eigenvalue weighted by Crippen LogP contribution is -2.50. The Hall–Kier alpha value is -4.61. The zero-order valence-electron chi connectivity index (χ0n) is 43.1. The number of aliphatic carboxylic acids is 1. The monoisotopic (exact) mass is 1070 g/mol. The van der Waals surface area contributed by atoms with Crippen LogP contribution in [0.4, 0.5) is 0 Å². The highest BCUT2D eigenvalue weighted by Gasteiger charge is 2.38. The van der Waals surface area contributed by atoms with Crippen molar-refractivity contribution in [3.63, 3.8) is 0 Å². The Bertz CT molecular complexity index is 2280. The third-order valence-electron chi connectivity index (χ3n) is 12.6. The quantitative estimate of drug-likeness (QED) is 0.0693. The van der Waals surface area contributed by atoms with E-state index < -0.39 is 29.8 Å². The highest BCUT2D eigenvalue weighted by atomic mass is 127. The van der Waals surface area contributed by atoms with Crippen molar-refractivity contribution in [2.75, 3.05) is 14.1 Å². The van der Waals surface area contributed by atoms with E-state index in [-0.39, 0.29) is 47.6 Å². The molecule has 0 aliphatic heterocycles. The zero-order valence-corrected chi connectivity index (χ0v) is 45.3. The summed E-state index contributed by atoms with van der Waals surface area (Å²) < 4.78 is 23.9. The summed E-state index contributed by atoms with van der Waals surface area (Å²) in [7, 11) is 3.26. The van der Waals surface area contributed by atoms with Crippen LogP contribution in [0.5, 0.6) is 0 Å². The number of alkyl halides is 1. The van der Waals surface area contributed by atoms with E-state index in [0.717, 1.165) is 82.9 Å². The third-order valence-corrected chi connectivity index (χ3v) is 13.4. The van der Waals surface area contributed by atoms with E-state index in [1.54, 1.807) is 14.1 Å². The van der Waals surface area contributed by atoms with Crippen LogP contribution in [0.2, 0.25) is 0 Å². The number of hydrogen-bond donors (Lipinski definition) is 2. The summed E-state index contributed by atoms with van der Waals surface area (Å²) in [4.78, 5) is 61.7. The maximum atomic E-state index is 13.0. The highest BCUT2D eigenvalue weighted by Crippen LogP contribution is 2.32. The number of aliphatic hydroxyl groups is 1. The third kappa shape index (κ3) is 16.8. The summed E-state index contributed by atoms with van der Waals surface area (Å²) in [6.07, 6.45) is 5.51. The van der Waals surface area contributed by atoms with Crippen LogP contribution in [0, 0.1) is 51.4 Å². The molecule has 6 atom stereocenters. The molecule has 2 aliphatic carbocycles. The van der Waals surface area contributed by atoms with Gasteiger partial charge in [-0.1, -0.05) is 98.5 Å². The van der Waals surface area contributed by atoms with Crippen molar-refractivity contribution in [3.8, 4) is 22.9 Å². The standard InChI is InChI=1S/C25H34N2O5.C17H31NO4.C12H12INO/c1-15(2)22(25(29)30)27(5)24(28)19-7-6-8-20(13-19)31-14-21-17(4)32-23(26-21)18-11-9-16(3)10-12-18;1-11(2)14(16(21)22-17(3,4)5)18(6)15(20)12-8-7-9-13(19)10-12;1-8-3-5-10(6-4-8)12-14-11(7-13)9(2)15-12/h9-12,15,19-20,22H,6-8,13-14H2,1-5H3,(H,29,30);11-14,19H,7-10H2,1-6H3;3-6H,7H2,1-2H3/t19?,20?,22-;12?,13?,14-;/m00./s1. The van der Waals surface area contributed by atoms with Gasteiger partial charge in [0.15, 0.2) is 0 Å². The number of ether oxygens (including phenoxy) is 2. The van der Waals surface area contributed by atoms with Crippen molar-refractivity contribution >= 4 is 46.3 Å². The topological polar surface area (TPSA) is 186 Å². The molecule has 2 aromatic heterocycles. The molecule has 380 valence electrons. The molecule has 0 radical (unpaired) electrons. The largest absolute Gasteiger partial charge is 0.480 e. The summed E-state index contributed by atoms with van der Waals surface area (Å²) >= 11 is 2.29. The molecule has 14 nitrogen and oxygen atoms in total. The van der Waals surface area contributed by atoms with Crippen molar-refractivity contribution in [1.29, 1.82) is 0 Å². The molecule has 0 spiro atoms. The zero-order chi connectivity index (χ0) is 51.3. The van der Waals surface area contributed by atoms with Crippen LogP contribution in [-0.4, -0.2) is 97.7 Å². The van der Waals surface area contributed by atoms with E-state index in [4.69, 9.17) is 18.3 Å². The van der Waals surface area contributed by atoms with Gasteiger partial charge in [-0.05, 0) is 123 Å². The lowest BCUT2D eigenvalue weighted by Gasteiger charge is -2.35. The molecule has 0 saturated heterocycles. The molecule has 2 heterocycles. The first-order chi connectivity index (χ1) is 32.4. The number of carbonyl (C=O) groups excluding carboxylic acids is 3. The summed E-state index contributed by atoms with van der Waals surface area (Å²) in [5, 5.41) is 19.3. The van der Waals surface area contributed by atoms with Crippen molar-refractivity contribution < 1.29 is 47.7 Å². The predicted octanol–water partition coefficient (Wildman–Crippen LogP) is 10.9. The second-order valence-electron chi connectivity index (χ2n) is 20.4. The van der Waals surface area contributed by atoms with Crippen LogP contribution in [0.3, 0.4) is 0 Å². The van der Waals surface area contributed by atoms with E-state index in [9.17, 15) is 29.4 Å². The summed E-state index contributed by atoms with van der Waals surface area (Å²) in [6, 6.07) is 14.8. The van der Waals surface area contributed by atoms with Gasteiger partial charge in [0, 0.05) is 41.5 Å². The molecule has 69 heavy (non-hydrogen) atoms. The average Bonchev–Trinajstić information content (AvgIpc) is 3.86. The van der Waals surface area contributed by atoms with Crippen LogP contribution in [0.15, 0.2) is 57.4 Å². The van der Waals surface area contributed by atoms with E-state index in [1.165, 1.54) is 20.9 Å². The number of likely N-dealkylation sites (N-methyl/N-ethyl adjacent to an activating group) is 2. The number of hydrogen-bond acceptors (Lipinski definition) is 11. The Kier molecular flexibility index (Phi) is 21.5. The number of benzene rings is 2. The summed E-state index contributed by atoms with van der Waals surface area (Å²) in [6.45, 7) is 21.2. The molecule has 4 unspecified atom stereocenters. The van der Waals surface area contributed by atoms with Crippen LogP contribution >= 0.6 is 22.6 Å². The minimum atomic E-state index is -0.967. The van der Waals surface area contributed by atoms with E-state index in [1.807, 2.05) is 106 Å². The minimum Gasteiger partial charge on any atom is -0.480 e. The normalized spacial score (nSPS) is 19.1. The van der Waals surface area contributed by atoms with Gasteiger partial charge < -0.3 is 38.3 Å². The minimum absolute atomic E-state index is 0.0303. The Balaban J connectivity index is 0.000000242. The summed E-state index contributed by atoms with van der Waals surface area (Å²) in [5.74, 6) is 0.824. The number of oxazole rings is 2. The molecule has 2 aromatic carbocycles. The molecule has 2 amide bonds. The SMILES string of the molecule is CC(C)[C@@H](C(=O)OC(C)(C)C)N(C)C(=O)C1CCCC(O)C1.Cc1ccc(-c2nc(CI)c(C)o2)cc1.Cc1ccc(-c2nc(COC3CCCC(C(=O)N(C)[C@H](C(=O)O)C(C)C)C3)c(C)o2)cc1. The van der Waals surface area contributed by atoms with Gasteiger partial charge in [0.2, 0.25) is 23.6 Å². The number of carbonyl (C=O) groups is 4. The van der Waals surface area contributed by atoms with Crippen LogP contribution in [-0.2, 0) is 39.7 Å². The molecule has 6 rings (SSSR count). The van der Waals surface area contributed by atoms with Crippen molar-refractivity contribution in [3.05, 3.63) is 82.6 Å². The predicted molar refractivity (Wildman–Crippen MR) is 275 cm³/mol. The number of aliphatic hydroxyl groups excluding tert-OH is 1. The number of aromatic nitrogens is 2. The molecular weight excluding hydrogens is 992 g/mol. The first-order valence-electron chi connectivity index (χ1n) is 24.3. The van der Waals surface area contributed by atoms with Gasteiger partial charge in [0.25, 0.3) is 0 Å². The average molecular weight is 1070 g/mol. The Morgan fingerprint density at radius 2 is 1.16 bits per heavy atom. The molecule has 2 fully saturated rings. The Morgan fingerprint density at radius 3 is 1.59 bits per heavy atom. The van der Waals surface area contributed by atoms with E-state index in [0.29, 0.717) is 25.3 Å². The van der Waals surface area contributed by atoms with Gasteiger partial charge >= 0.3 is 11.9 Å². The first kappa shape index (κ1) is 57.0. The van der Waals surface area contributed by atoms with Crippen LogP contribution < -0.4 is 0 Å². The van der Waals surface area contributed by atoms with Crippen molar-refractivity contribution in [2.45, 2.75) is 168 Å². The van der Waals surface area contributed by atoms with Crippen LogP contribution in [0.1, 0.15) is 134 Å². The van der Waals surface area contributed by atoms with Crippen molar-refractivity contribution in [1.82, 2.24) is 19.8 Å². The van der Waals surface area contributed by atoms with Gasteiger partial charge in [-0.25, -0.2) is 19.6 Å². The highest BCUT2D eigenvalue weighted by molar-refractivity contribution is 14.1. The lowest BCUT2D eigenvalue weighted by molar-refractivity contribution is -0.167. The molecule has 4 aromatic rings. The van der Waals surface area contributed by atoms with Gasteiger partial charge in [0.1, 0.15) is 34.9 Å². The van der Waals surface area contributed by atoms with Gasteiger partial charge in [-0.3, -0.25) is 9.59 Å². The van der Waals surface area contributed by atoms with Gasteiger partial charge in [0.05, 0.1) is 24.5 Å². The fourth-order valence-corrected chi connectivity index (χ4v) is 9.55. The second-order valence-corrected chi connectivity index (χ2v) is 21.1. The van der Waals surface area contributed by atoms with Gasteiger partial charge in [-0.2, -0.15) is 0 Å². The molecule has 15 heteroatoms. The number of aryl methyl sites for hydroxylation is 4. The number of nitrogens with zero attached hydrogens (tertiary/aromatic N) is 4. The van der Waals surface area contributed by atoms with Crippen LogP contribution in [0.25, 0.3) is 22.9 Å². The number of amides is 2. The fraction of sp³-hybridized carbons (Fsp3) is 0.593. The molecule has 2 N–H and O–H groups in total. The lowest BCUT2D eigenvalue weighted by atomic mass is 9.85. The first-order valence-corrected chi connectivity index (χ1v) is 25.8.